The number of hydrogen-bond acceptors (Lipinski definition) is 5. The second kappa shape index (κ2) is 8.51. The maximum Gasteiger partial charge on any atom is 0.250 e. The number of hydrogen-bond donors (Lipinski definition) is 4. The molecule has 1 fully saturated rings. The first-order chi connectivity index (χ1) is 14.5. The van der Waals surface area contributed by atoms with Crippen LogP contribution in [0.15, 0.2) is 60.8 Å². The Kier molecular flexibility index (Phi) is 5.63. The fourth-order valence-electron chi connectivity index (χ4n) is 3.77. The number of aromatic hydroxyl groups is 1. The summed E-state index contributed by atoms with van der Waals surface area (Å²) in [5.74, 6) is 0.426. The standard InChI is InChI=1S/C23H25N3O4/c24-23(29)18-12-9-16(14-19(18)25-15-7-10-17(27)11-8-15)26-13-3-6-22(26)30-21-5-2-1-4-20(21)28/h1-6,9,12-15,17,25,27-28H,7-8,10-11H2,(H2,24,29)/t15-,17-. The topological polar surface area (TPSA) is 110 Å². The van der Waals surface area contributed by atoms with E-state index in [-0.39, 0.29) is 17.9 Å². The van der Waals surface area contributed by atoms with Crippen molar-refractivity contribution in [3.63, 3.8) is 0 Å². The molecule has 4 rings (SSSR count). The van der Waals surface area contributed by atoms with Gasteiger partial charge in [-0.15, -0.1) is 0 Å². The highest BCUT2D eigenvalue weighted by molar-refractivity contribution is 5.99. The lowest BCUT2D eigenvalue weighted by Crippen LogP contribution is -2.29. The van der Waals surface area contributed by atoms with Crippen molar-refractivity contribution in [2.75, 3.05) is 5.32 Å². The number of nitrogens with one attached hydrogen (secondary N) is 1. The third-order valence-corrected chi connectivity index (χ3v) is 5.39. The van der Waals surface area contributed by atoms with Crippen LogP contribution in [0.3, 0.4) is 0 Å². The third kappa shape index (κ3) is 4.26. The molecule has 0 aliphatic heterocycles. The average Bonchev–Trinajstić information content (AvgIpc) is 3.19. The van der Waals surface area contributed by atoms with Gasteiger partial charge < -0.3 is 26.0 Å². The summed E-state index contributed by atoms with van der Waals surface area (Å²) in [5, 5.41) is 23.2. The molecule has 0 unspecified atom stereocenters. The van der Waals surface area contributed by atoms with Gasteiger partial charge in [-0.25, -0.2) is 0 Å². The van der Waals surface area contributed by atoms with Gasteiger partial charge in [0.15, 0.2) is 11.5 Å². The molecule has 0 atom stereocenters. The number of aliphatic hydroxyl groups excluding tert-OH is 1. The van der Waals surface area contributed by atoms with E-state index in [4.69, 9.17) is 10.5 Å². The first kappa shape index (κ1) is 19.8. The molecule has 1 aliphatic carbocycles. The minimum Gasteiger partial charge on any atom is -0.504 e. The van der Waals surface area contributed by atoms with Gasteiger partial charge >= 0.3 is 0 Å². The van der Waals surface area contributed by atoms with Crippen LogP contribution in [0.1, 0.15) is 36.0 Å². The van der Waals surface area contributed by atoms with Gasteiger partial charge in [0.1, 0.15) is 0 Å². The molecule has 0 radical (unpaired) electrons. The van der Waals surface area contributed by atoms with Crippen molar-refractivity contribution < 1.29 is 19.7 Å². The Morgan fingerprint density at radius 3 is 2.57 bits per heavy atom. The number of carbonyl (C=O) groups excluding carboxylic acids is 1. The summed E-state index contributed by atoms with van der Waals surface area (Å²) in [4.78, 5) is 11.9. The molecule has 156 valence electrons. The molecular formula is C23H25N3O4. The number of carbonyl (C=O) groups is 1. The van der Waals surface area contributed by atoms with E-state index in [0.717, 1.165) is 31.4 Å². The summed E-state index contributed by atoms with van der Waals surface area (Å²) in [6.07, 6.45) is 4.72. The fraction of sp³-hybridized carbons (Fsp3) is 0.261. The van der Waals surface area contributed by atoms with Crippen molar-refractivity contribution in [2.45, 2.75) is 37.8 Å². The zero-order valence-electron chi connectivity index (χ0n) is 16.5. The normalized spacial score (nSPS) is 18.7. The molecule has 30 heavy (non-hydrogen) atoms. The number of rotatable bonds is 6. The van der Waals surface area contributed by atoms with Crippen LogP contribution in [0.5, 0.6) is 17.4 Å². The largest absolute Gasteiger partial charge is 0.504 e. The predicted octanol–water partition coefficient (Wildman–Crippen LogP) is 3.79. The van der Waals surface area contributed by atoms with E-state index in [0.29, 0.717) is 22.9 Å². The van der Waals surface area contributed by atoms with Crippen molar-refractivity contribution in [1.82, 2.24) is 4.57 Å². The van der Waals surface area contributed by atoms with Crippen LogP contribution in [-0.4, -0.2) is 32.8 Å². The summed E-state index contributed by atoms with van der Waals surface area (Å²) in [5.41, 5.74) is 7.44. The Labute approximate surface area is 174 Å². The van der Waals surface area contributed by atoms with Crippen molar-refractivity contribution in [2.24, 2.45) is 5.73 Å². The minimum absolute atomic E-state index is 0.0520. The van der Waals surface area contributed by atoms with Gasteiger partial charge in [0.2, 0.25) is 5.88 Å². The molecule has 3 aromatic rings. The Morgan fingerprint density at radius 2 is 1.83 bits per heavy atom. The van der Waals surface area contributed by atoms with Crippen LogP contribution in [0.2, 0.25) is 0 Å². The number of amides is 1. The minimum atomic E-state index is -0.502. The molecule has 1 aliphatic rings. The Morgan fingerprint density at radius 1 is 1.07 bits per heavy atom. The lowest BCUT2D eigenvalue weighted by Gasteiger charge is -2.28. The molecule has 1 aromatic heterocycles. The maximum absolute atomic E-state index is 11.9. The molecule has 5 N–H and O–H groups in total. The number of nitrogens with two attached hydrogens (primary N) is 1. The highest BCUT2D eigenvalue weighted by Crippen LogP contribution is 2.33. The first-order valence-corrected chi connectivity index (χ1v) is 10.0. The SMILES string of the molecule is NC(=O)c1ccc(-n2cccc2Oc2ccccc2O)cc1N[C@H]1CC[C@H](O)CC1. The van der Waals surface area contributed by atoms with Gasteiger partial charge in [-0.3, -0.25) is 9.36 Å². The van der Waals surface area contributed by atoms with Crippen LogP contribution in [0, 0.1) is 0 Å². The molecule has 7 nitrogen and oxygen atoms in total. The fourth-order valence-corrected chi connectivity index (χ4v) is 3.77. The number of benzene rings is 2. The van der Waals surface area contributed by atoms with Crippen molar-refractivity contribution >= 4 is 11.6 Å². The lowest BCUT2D eigenvalue weighted by atomic mass is 9.92. The van der Waals surface area contributed by atoms with Gasteiger partial charge in [-0.05, 0) is 62.1 Å². The van der Waals surface area contributed by atoms with Crippen LogP contribution < -0.4 is 15.8 Å². The number of aliphatic hydroxyl groups is 1. The number of ether oxygens (including phenoxy) is 1. The smallest absolute Gasteiger partial charge is 0.250 e. The van der Waals surface area contributed by atoms with Gasteiger partial charge in [-0.1, -0.05) is 12.1 Å². The molecule has 2 aromatic carbocycles. The summed E-state index contributed by atoms with van der Waals surface area (Å²) in [6, 6.07) is 15.9. The molecule has 1 amide bonds. The number of phenolic OH excluding ortho intramolecular Hbond substituents is 1. The number of phenols is 1. The molecule has 0 spiro atoms. The van der Waals surface area contributed by atoms with Crippen LogP contribution >= 0.6 is 0 Å². The lowest BCUT2D eigenvalue weighted by molar-refractivity contribution is 0.100. The van der Waals surface area contributed by atoms with E-state index in [1.807, 2.05) is 22.9 Å². The van der Waals surface area contributed by atoms with Crippen LogP contribution in [0.4, 0.5) is 5.69 Å². The quantitative estimate of drug-likeness (QED) is 0.497. The third-order valence-electron chi connectivity index (χ3n) is 5.39. The predicted molar refractivity (Wildman–Crippen MR) is 114 cm³/mol. The summed E-state index contributed by atoms with van der Waals surface area (Å²) in [6.45, 7) is 0. The molecule has 0 bridgehead atoms. The van der Waals surface area contributed by atoms with E-state index in [2.05, 4.69) is 5.32 Å². The van der Waals surface area contributed by atoms with E-state index < -0.39 is 5.91 Å². The molecule has 1 heterocycles. The van der Waals surface area contributed by atoms with E-state index in [1.165, 1.54) is 0 Å². The number of nitrogens with zero attached hydrogens (tertiary/aromatic N) is 1. The zero-order valence-corrected chi connectivity index (χ0v) is 16.5. The Bertz CT molecular complexity index is 1040. The van der Waals surface area contributed by atoms with E-state index in [1.54, 1.807) is 42.5 Å². The second-order valence-corrected chi connectivity index (χ2v) is 7.53. The zero-order chi connectivity index (χ0) is 21.1. The van der Waals surface area contributed by atoms with Gasteiger partial charge in [0.25, 0.3) is 5.91 Å². The number of aromatic nitrogens is 1. The first-order valence-electron chi connectivity index (χ1n) is 10.0. The van der Waals surface area contributed by atoms with Gasteiger partial charge in [-0.2, -0.15) is 0 Å². The summed E-state index contributed by atoms with van der Waals surface area (Å²) < 4.78 is 7.71. The molecule has 1 saturated carbocycles. The number of para-hydroxylation sites is 2. The average molecular weight is 407 g/mol. The van der Waals surface area contributed by atoms with Gasteiger partial charge in [0.05, 0.1) is 17.4 Å². The number of anilines is 1. The Balaban J connectivity index is 1.63. The van der Waals surface area contributed by atoms with Crippen LogP contribution in [0.25, 0.3) is 5.69 Å². The summed E-state index contributed by atoms with van der Waals surface area (Å²) in [7, 11) is 0. The second-order valence-electron chi connectivity index (χ2n) is 7.53. The maximum atomic E-state index is 11.9. The summed E-state index contributed by atoms with van der Waals surface area (Å²) >= 11 is 0. The molecule has 7 heteroatoms. The Hall–Kier alpha value is -3.45. The monoisotopic (exact) mass is 407 g/mol. The highest BCUT2D eigenvalue weighted by Gasteiger charge is 2.21. The van der Waals surface area contributed by atoms with E-state index >= 15 is 0 Å². The number of primary amides is 1. The highest BCUT2D eigenvalue weighted by atomic mass is 16.5. The molecule has 0 saturated heterocycles. The van der Waals surface area contributed by atoms with Crippen LogP contribution in [-0.2, 0) is 0 Å². The van der Waals surface area contributed by atoms with Gasteiger partial charge in [0, 0.05) is 24.0 Å². The van der Waals surface area contributed by atoms with Crippen molar-refractivity contribution in [1.29, 1.82) is 0 Å². The van der Waals surface area contributed by atoms with Crippen molar-refractivity contribution in [3.05, 3.63) is 66.4 Å². The molecular weight excluding hydrogens is 382 g/mol. The van der Waals surface area contributed by atoms with E-state index in [9.17, 15) is 15.0 Å². The van der Waals surface area contributed by atoms with Crippen molar-refractivity contribution in [3.8, 4) is 23.1 Å².